The second-order valence-electron chi connectivity index (χ2n) is 4.13. The lowest BCUT2D eigenvalue weighted by Gasteiger charge is -2.22. The zero-order chi connectivity index (χ0) is 14.1. The maximum atomic E-state index is 13.4. The molecule has 2 N–H and O–H groups in total. The predicted molar refractivity (Wildman–Crippen MR) is 70.4 cm³/mol. The highest BCUT2D eigenvalue weighted by Crippen LogP contribution is 2.29. The van der Waals surface area contributed by atoms with E-state index in [0.717, 1.165) is 0 Å². The third-order valence-corrected chi connectivity index (χ3v) is 5.35. The Morgan fingerprint density at radius 3 is 2.22 bits per heavy atom. The first-order valence-corrected chi connectivity index (χ1v) is 7.26. The van der Waals surface area contributed by atoms with E-state index in [4.69, 9.17) is 5.73 Å². The van der Waals surface area contributed by atoms with Crippen molar-refractivity contribution in [2.75, 3.05) is 18.8 Å². The number of nitrogens with two attached hydrogens (primary N) is 1. The summed E-state index contributed by atoms with van der Waals surface area (Å²) in [5.41, 5.74) is 6.13. The average molecular weight is 274 g/mol. The molecule has 0 aliphatic heterocycles. The summed E-state index contributed by atoms with van der Waals surface area (Å²) in [5.74, 6) is -0.580. The van der Waals surface area contributed by atoms with Crippen molar-refractivity contribution >= 4 is 15.7 Å². The van der Waals surface area contributed by atoms with E-state index < -0.39 is 15.8 Å². The highest BCUT2D eigenvalue weighted by molar-refractivity contribution is 7.89. The lowest BCUT2D eigenvalue weighted by Crippen LogP contribution is -2.31. The molecule has 18 heavy (non-hydrogen) atoms. The van der Waals surface area contributed by atoms with Crippen molar-refractivity contribution in [1.29, 1.82) is 0 Å². The van der Waals surface area contributed by atoms with Gasteiger partial charge in [0.15, 0.2) is 0 Å². The minimum atomic E-state index is -3.62. The molecule has 102 valence electrons. The monoisotopic (exact) mass is 274 g/mol. The SMILES string of the molecule is CCN(CC)S(=O)(=O)c1c(C)cc(F)c(N)c1C. The van der Waals surface area contributed by atoms with Crippen molar-refractivity contribution in [1.82, 2.24) is 4.31 Å². The summed E-state index contributed by atoms with van der Waals surface area (Å²) in [5, 5.41) is 0. The number of rotatable bonds is 4. The van der Waals surface area contributed by atoms with Crippen molar-refractivity contribution in [3.63, 3.8) is 0 Å². The zero-order valence-electron chi connectivity index (χ0n) is 11.1. The summed E-state index contributed by atoms with van der Waals surface area (Å²) < 4.78 is 39.7. The number of nitrogen functional groups attached to an aromatic ring is 1. The first-order valence-electron chi connectivity index (χ1n) is 5.82. The number of nitrogens with zero attached hydrogens (tertiary/aromatic N) is 1. The van der Waals surface area contributed by atoms with Crippen molar-refractivity contribution < 1.29 is 12.8 Å². The van der Waals surface area contributed by atoms with E-state index in [9.17, 15) is 12.8 Å². The van der Waals surface area contributed by atoms with E-state index in [-0.39, 0.29) is 16.1 Å². The Balaban J connectivity index is 3.56. The molecule has 1 aromatic rings. The van der Waals surface area contributed by atoms with Crippen molar-refractivity contribution in [2.45, 2.75) is 32.6 Å². The van der Waals surface area contributed by atoms with Crippen LogP contribution in [0.4, 0.5) is 10.1 Å². The van der Waals surface area contributed by atoms with Crippen LogP contribution >= 0.6 is 0 Å². The second kappa shape index (κ2) is 5.24. The fourth-order valence-corrected chi connectivity index (χ4v) is 3.92. The molecule has 0 bridgehead atoms. The van der Waals surface area contributed by atoms with Gasteiger partial charge in [-0.1, -0.05) is 13.8 Å². The van der Waals surface area contributed by atoms with Gasteiger partial charge < -0.3 is 5.73 Å². The Hall–Kier alpha value is -1.14. The Labute approximate surface area is 108 Å². The molecule has 4 nitrogen and oxygen atoms in total. The van der Waals surface area contributed by atoms with Gasteiger partial charge in [0.25, 0.3) is 0 Å². The van der Waals surface area contributed by atoms with Gasteiger partial charge in [0, 0.05) is 13.1 Å². The van der Waals surface area contributed by atoms with Gasteiger partial charge in [0.1, 0.15) is 5.82 Å². The third kappa shape index (κ3) is 2.35. The van der Waals surface area contributed by atoms with Crippen LogP contribution in [0.1, 0.15) is 25.0 Å². The molecule has 0 amide bonds. The number of benzene rings is 1. The summed E-state index contributed by atoms with van der Waals surface area (Å²) in [6.07, 6.45) is 0. The predicted octanol–water partition coefficient (Wildman–Crippen LogP) is 2.06. The summed E-state index contributed by atoms with van der Waals surface area (Å²) in [4.78, 5) is 0.116. The van der Waals surface area contributed by atoms with Gasteiger partial charge in [-0.3, -0.25) is 0 Å². The molecule has 0 heterocycles. The molecule has 0 radical (unpaired) electrons. The molecule has 0 atom stereocenters. The minimum Gasteiger partial charge on any atom is -0.396 e. The van der Waals surface area contributed by atoms with Crippen molar-refractivity contribution in [2.24, 2.45) is 0 Å². The maximum absolute atomic E-state index is 13.4. The molecule has 0 aliphatic carbocycles. The number of sulfonamides is 1. The van der Waals surface area contributed by atoms with Crippen LogP contribution in [0, 0.1) is 19.7 Å². The first-order chi connectivity index (χ1) is 8.27. The van der Waals surface area contributed by atoms with Crippen molar-refractivity contribution in [3.05, 3.63) is 23.0 Å². The Kier molecular flexibility index (Phi) is 4.34. The van der Waals surface area contributed by atoms with Crippen LogP contribution < -0.4 is 5.73 Å². The molecule has 0 aliphatic rings. The molecule has 0 spiro atoms. The first kappa shape index (κ1) is 14.9. The minimum absolute atomic E-state index is 0.105. The van der Waals surface area contributed by atoms with Crippen LogP contribution in [-0.4, -0.2) is 25.8 Å². The lowest BCUT2D eigenvalue weighted by molar-refractivity contribution is 0.444. The number of hydrogen-bond donors (Lipinski definition) is 1. The number of anilines is 1. The Morgan fingerprint density at radius 1 is 1.28 bits per heavy atom. The standard InChI is InChI=1S/C12H19FN2O2S/c1-5-15(6-2)18(16,17)12-8(3)7-10(13)11(14)9(12)4/h7H,5-6,14H2,1-4H3. The van der Waals surface area contributed by atoms with Crippen LogP contribution in [0.2, 0.25) is 0 Å². The van der Waals surface area contributed by atoms with E-state index in [1.165, 1.54) is 17.3 Å². The number of halogens is 1. The topological polar surface area (TPSA) is 63.4 Å². The molecular weight excluding hydrogens is 255 g/mol. The Morgan fingerprint density at radius 2 is 1.78 bits per heavy atom. The zero-order valence-corrected chi connectivity index (χ0v) is 11.9. The Bertz CT molecular complexity index is 552. The summed E-state index contributed by atoms with van der Waals surface area (Å²) in [6, 6.07) is 1.17. The lowest BCUT2D eigenvalue weighted by atomic mass is 10.1. The van der Waals surface area contributed by atoms with E-state index in [0.29, 0.717) is 18.7 Å². The third-order valence-electron chi connectivity index (χ3n) is 3.01. The van der Waals surface area contributed by atoms with E-state index in [1.54, 1.807) is 20.8 Å². The normalized spacial score (nSPS) is 12.1. The molecular formula is C12H19FN2O2S. The molecule has 1 rings (SSSR count). The van der Waals surface area contributed by atoms with Crippen LogP contribution in [0.15, 0.2) is 11.0 Å². The van der Waals surface area contributed by atoms with Gasteiger partial charge in [-0.15, -0.1) is 0 Å². The molecule has 6 heteroatoms. The van der Waals surface area contributed by atoms with Gasteiger partial charge in [-0.05, 0) is 31.0 Å². The smallest absolute Gasteiger partial charge is 0.243 e. The van der Waals surface area contributed by atoms with E-state index in [1.807, 2.05) is 0 Å². The second-order valence-corrected chi connectivity index (χ2v) is 6.01. The molecule has 0 saturated heterocycles. The van der Waals surface area contributed by atoms with E-state index in [2.05, 4.69) is 0 Å². The van der Waals surface area contributed by atoms with Gasteiger partial charge in [-0.2, -0.15) is 4.31 Å². The highest BCUT2D eigenvalue weighted by atomic mass is 32.2. The summed E-state index contributed by atoms with van der Waals surface area (Å²) in [7, 11) is -3.62. The van der Waals surface area contributed by atoms with Crippen LogP contribution in [-0.2, 0) is 10.0 Å². The number of hydrogen-bond acceptors (Lipinski definition) is 3. The molecule has 0 fully saturated rings. The molecule has 0 unspecified atom stereocenters. The van der Waals surface area contributed by atoms with Crippen LogP contribution in [0.5, 0.6) is 0 Å². The molecule has 0 aromatic heterocycles. The van der Waals surface area contributed by atoms with Gasteiger partial charge in [-0.25, -0.2) is 12.8 Å². The van der Waals surface area contributed by atoms with E-state index >= 15 is 0 Å². The van der Waals surface area contributed by atoms with Crippen molar-refractivity contribution in [3.8, 4) is 0 Å². The summed E-state index contributed by atoms with van der Waals surface area (Å²) in [6.45, 7) is 7.37. The highest BCUT2D eigenvalue weighted by Gasteiger charge is 2.27. The maximum Gasteiger partial charge on any atom is 0.243 e. The summed E-state index contributed by atoms with van der Waals surface area (Å²) >= 11 is 0. The largest absolute Gasteiger partial charge is 0.396 e. The number of aryl methyl sites for hydroxylation is 1. The molecule has 1 aromatic carbocycles. The van der Waals surface area contributed by atoms with Crippen LogP contribution in [0.3, 0.4) is 0 Å². The van der Waals surface area contributed by atoms with Gasteiger partial charge in [0.05, 0.1) is 10.6 Å². The molecule has 0 saturated carbocycles. The quantitative estimate of drug-likeness (QED) is 0.855. The fourth-order valence-electron chi connectivity index (χ4n) is 2.02. The van der Waals surface area contributed by atoms with Crippen LogP contribution in [0.25, 0.3) is 0 Å². The fraction of sp³-hybridized carbons (Fsp3) is 0.500. The average Bonchev–Trinajstić information content (AvgIpc) is 2.26. The van der Waals surface area contributed by atoms with Gasteiger partial charge in [0.2, 0.25) is 10.0 Å². The van der Waals surface area contributed by atoms with Gasteiger partial charge >= 0.3 is 0 Å².